The molecule has 0 aromatic carbocycles. The zero-order valence-corrected chi connectivity index (χ0v) is 6.43. The van der Waals surface area contributed by atoms with Gasteiger partial charge in [0.2, 0.25) is 0 Å². The van der Waals surface area contributed by atoms with E-state index in [-0.39, 0.29) is 0 Å². The molecule has 0 aromatic heterocycles. The molecule has 2 unspecified atom stereocenters. The molecule has 1 nitrogen and oxygen atoms in total. The topological polar surface area (TPSA) is 26.0 Å². The molecule has 0 aromatic rings. The van der Waals surface area contributed by atoms with Crippen LogP contribution in [0.4, 0.5) is 0 Å². The van der Waals surface area contributed by atoms with Crippen LogP contribution in [0, 0.1) is 11.8 Å². The highest BCUT2D eigenvalue weighted by Crippen LogP contribution is 2.13. The normalized spacial score (nSPS) is 16.8. The zero-order chi connectivity index (χ0) is 7.28. The van der Waals surface area contributed by atoms with Crippen LogP contribution < -0.4 is 5.73 Å². The van der Waals surface area contributed by atoms with Crippen LogP contribution in [0.5, 0.6) is 0 Å². The van der Waals surface area contributed by atoms with Crippen molar-refractivity contribution in [2.24, 2.45) is 17.6 Å². The molecule has 0 amide bonds. The van der Waals surface area contributed by atoms with E-state index >= 15 is 0 Å². The van der Waals surface area contributed by atoms with Crippen molar-refractivity contribution < 1.29 is 0 Å². The Kier molecular flexibility index (Phi) is 4.41. The minimum absolute atomic E-state index is 0.509. The molecule has 54 valence electrons. The van der Waals surface area contributed by atoms with Crippen LogP contribution >= 0.6 is 0 Å². The summed E-state index contributed by atoms with van der Waals surface area (Å²) in [5, 5.41) is 0. The Labute approximate surface area is 57.9 Å². The van der Waals surface area contributed by atoms with Crippen LogP contribution in [-0.4, -0.2) is 6.54 Å². The average Bonchev–Trinajstić information content (AvgIpc) is 1.90. The van der Waals surface area contributed by atoms with E-state index in [1.807, 2.05) is 6.08 Å². The molecular formula is C8H17N. The van der Waals surface area contributed by atoms with Crippen molar-refractivity contribution in [3.63, 3.8) is 0 Å². The molecule has 9 heavy (non-hydrogen) atoms. The maximum absolute atomic E-state index is 5.49. The van der Waals surface area contributed by atoms with Crippen molar-refractivity contribution in [2.75, 3.05) is 6.54 Å². The average molecular weight is 127 g/mol. The van der Waals surface area contributed by atoms with E-state index in [1.165, 1.54) is 6.42 Å². The Morgan fingerprint density at radius 1 is 1.67 bits per heavy atom. The lowest BCUT2D eigenvalue weighted by Gasteiger charge is -2.15. The molecule has 0 spiro atoms. The first kappa shape index (κ1) is 8.70. The summed E-state index contributed by atoms with van der Waals surface area (Å²) in [6.07, 6.45) is 3.14. The summed E-state index contributed by atoms with van der Waals surface area (Å²) in [5.74, 6) is 1.20. The third-order valence-corrected chi connectivity index (χ3v) is 1.95. The Hall–Kier alpha value is -0.300. The van der Waals surface area contributed by atoms with Crippen LogP contribution in [0.25, 0.3) is 0 Å². The molecule has 0 rings (SSSR count). The lowest BCUT2D eigenvalue weighted by atomic mass is 9.92. The van der Waals surface area contributed by atoms with Gasteiger partial charge in [-0.3, -0.25) is 0 Å². The summed E-state index contributed by atoms with van der Waals surface area (Å²) in [6, 6.07) is 0. The highest BCUT2D eigenvalue weighted by atomic mass is 14.5. The molecule has 0 fully saturated rings. The van der Waals surface area contributed by atoms with Gasteiger partial charge in [-0.2, -0.15) is 0 Å². The van der Waals surface area contributed by atoms with E-state index in [0.717, 1.165) is 6.54 Å². The van der Waals surface area contributed by atoms with E-state index in [4.69, 9.17) is 5.73 Å². The van der Waals surface area contributed by atoms with Crippen LogP contribution in [0.3, 0.4) is 0 Å². The molecule has 0 aliphatic heterocycles. The predicted octanol–water partition coefficient (Wildman–Crippen LogP) is 1.79. The molecule has 2 atom stereocenters. The van der Waals surface area contributed by atoms with Crippen molar-refractivity contribution in [3.8, 4) is 0 Å². The number of hydrogen-bond acceptors (Lipinski definition) is 1. The maximum atomic E-state index is 5.49. The van der Waals surface area contributed by atoms with Gasteiger partial charge in [-0.05, 0) is 18.4 Å². The number of nitrogens with two attached hydrogens (primary N) is 1. The maximum Gasteiger partial charge on any atom is -0.00117 e. The van der Waals surface area contributed by atoms with Gasteiger partial charge in [-0.25, -0.2) is 0 Å². The summed E-state index contributed by atoms with van der Waals surface area (Å²) in [5.41, 5.74) is 5.49. The molecule has 1 heteroatoms. The second-order valence-electron chi connectivity index (χ2n) is 2.52. The largest absolute Gasteiger partial charge is 0.330 e. The zero-order valence-electron chi connectivity index (χ0n) is 6.43. The quantitative estimate of drug-likeness (QED) is 0.572. The van der Waals surface area contributed by atoms with Crippen molar-refractivity contribution in [1.82, 2.24) is 0 Å². The fourth-order valence-electron chi connectivity index (χ4n) is 0.864. The van der Waals surface area contributed by atoms with E-state index in [9.17, 15) is 0 Å². The Morgan fingerprint density at radius 3 is 2.33 bits per heavy atom. The van der Waals surface area contributed by atoms with E-state index in [1.54, 1.807) is 0 Å². The van der Waals surface area contributed by atoms with Gasteiger partial charge in [0.1, 0.15) is 0 Å². The molecule has 0 aliphatic rings. The molecule has 2 N–H and O–H groups in total. The van der Waals surface area contributed by atoms with Crippen molar-refractivity contribution in [1.29, 1.82) is 0 Å². The van der Waals surface area contributed by atoms with Gasteiger partial charge < -0.3 is 5.73 Å². The summed E-state index contributed by atoms with van der Waals surface area (Å²) < 4.78 is 0. The van der Waals surface area contributed by atoms with Gasteiger partial charge in [-0.15, -0.1) is 6.58 Å². The fourth-order valence-corrected chi connectivity index (χ4v) is 0.864. The third kappa shape index (κ3) is 2.66. The standard InChI is InChI=1S/C8H17N/c1-4-7(3)8(5-2)6-9/h5,7-8H,2,4,6,9H2,1,3H3. The predicted molar refractivity (Wildman–Crippen MR) is 42.2 cm³/mol. The molecule has 0 saturated heterocycles. The van der Waals surface area contributed by atoms with Crippen LogP contribution in [0.2, 0.25) is 0 Å². The SMILES string of the molecule is C=CC(CN)C(C)CC. The summed E-state index contributed by atoms with van der Waals surface area (Å²) >= 11 is 0. The van der Waals surface area contributed by atoms with E-state index in [0.29, 0.717) is 11.8 Å². The van der Waals surface area contributed by atoms with E-state index in [2.05, 4.69) is 20.4 Å². The minimum atomic E-state index is 0.509. The molecule has 0 bridgehead atoms. The van der Waals surface area contributed by atoms with Crippen LogP contribution in [0.1, 0.15) is 20.3 Å². The Bertz CT molecular complexity index is 78.6. The molecule has 0 radical (unpaired) electrons. The first-order valence-corrected chi connectivity index (χ1v) is 3.58. The summed E-state index contributed by atoms with van der Waals surface area (Å²) in [6.45, 7) is 8.84. The molecule has 0 heterocycles. The lowest BCUT2D eigenvalue weighted by Crippen LogP contribution is -2.18. The van der Waals surface area contributed by atoms with Gasteiger partial charge in [-0.1, -0.05) is 26.3 Å². The van der Waals surface area contributed by atoms with Gasteiger partial charge in [0, 0.05) is 0 Å². The van der Waals surface area contributed by atoms with Crippen molar-refractivity contribution >= 4 is 0 Å². The van der Waals surface area contributed by atoms with Gasteiger partial charge in [0.05, 0.1) is 0 Å². The Balaban J connectivity index is 3.63. The first-order chi connectivity index (χ1) is 4.26. The highest BCUT2D eigenvalue weighted by Gasteiger charge is 2.08. The van der Waals surface area contributed by atoms with Gasteiger partial charge >= 0.3 is 0 Å². The Morgan fingerprint density at radius 2 is 2.22 bits per heavy atom. The summed E-state index contributed by atoms with van der Waals surface area (Å²) in [7, 11) is 0. The fraction of sp³-hybridized carbons (Fsp3) is 0.750. The minimum Gasteiger partial charge on any atom is -0.330 e. The van der Waals surface area contributed by atoms with Gasteiger partial charge in [0.15, 0.2) is 0 Å². The monoisotopic (exact) mass is 127 g/mol. The number of hydrogen-bond donors (Lipinski definition) is 1. The summed E-state index contributed by atoms with van der Waals surface area (Å²) in [4.78, 5) is 0. The second kappa shape index (κ2) is 4.57. The number of rotatable bonds is 4. The smallest absolute Gasteiger partial charge is 0.00117 e. The first-order valence-electron chi connectivity index (χ1n) is 3.58. The van der Waals surface area contributed by atoms with Crippen LogP contribution in [-0.2, 0) is 0 Å². The molecule has 0 aliphatic carbocycles. The highest BCUT2D eigenvalue weighted by molar-refractivity contribution is 4.82. The second-order valence-corrected chi connectivity index (χ2v) is 2.52. The molecule has 0 saturated carbocycles. The van der Waals surface area contributed by atoms with E-state index < -0.39 is 0 Å². The van der Waals surface area contributed by atoms with Gasteiger partial charge in [0.25, 0.3) is 0 Å². The lowest BCUT2D eigenvalue weighted by molar-refractivity contribution is 0.425. The molecular weight excluding hydrogens is 110 g/mol. The van der Waals surface area contributed by atoms with Crippen molar-refractivity contribution in [2.45, 2.75) is 20.3 Å². The van der Waals surface area contributed by atoms with Crippen molar-refractivity contribution in [3.05, 3.63) is 12.7 Å². The third-order valence-electron chi connectivity index (χ3n) is 1.95. The van der Waals surface area contributed by atoms with Crippen LogP contribution in [0.15, 0.2) is 12.7 Å².